The molecule has 0 bridgehead atoms. The number of rotatable bonds is 6. The molecule has 0 amide bonds. The molecule has 176 valence electrons. The van der Waals surface area contributed by atoms with Crippen molar-refractivity contribution in [1.82, 2.24) is 4.57 Å². The summed E-state index contributed by atoms with van der Waals surface area (Å²) in [7, 11) is 0. The molecule has 2 heterocycles. The molecular formula is C29H25NO5. The van der Waals surface area contributed by atoms with Crippen LogP contribution in [0, 0.1) is 0 Å². The molecule has 35 heavy (non-hydrogen) atoms. The van der Waals surface area contributed by atoms with Gasteiger partial charge in [-0.3, -0.25) is 14.2 Å². The number of benzene rings is 3. The molecule has 0 aliphatic carbocycles. The van der Waals surface area contributed by atoms with E-state index in [0.717, 1.165) is 16.5 Å². The van der Waals surface area contributed by atoms with Crippen LogP contribution in [0.4, 0.5) is 0 Å². The van der Waals surface area contributed by atoms with E-state index in [1.165, 1.54) is 4.57 Å². The summed E-state index contributed by atoms with van der Waals surface area (Å²) in [6.45, 7) is 3.68. The summed E-state index contributed by atoms with van der Waals surface area (Å²) in [6.07, 6.45) is -0.351. The zero-order valence-corrected chi connectivity index (χ0v) is 19.6. The lowest BCUT2D eigenvalue weighted by Crippen LogP contribution is -2.49. The van der Waals surface area contributed by atoms with E-state index in [2.05, 4.69) is 0 Å². The second kappa shape index (κ2) is 8.87. The average Bonchev–Trinajstić information content (AvgIpc) is 3.16. The highest BCUT2D eigenvalue weighted by Crippen LogP contribution is 2.50. The summed E-state index contributed by atoms with van der Waals surface area (Å²) < 4.78 is 12.3. The number of pyridine rings is 1. The molecule has 4 aromatic rings. The van der Waals surface area contributed by atoms with Crippen molar-refractivity contribution in [2.75, 3.05) is 13.2 Å². The van der Waals surface area contributed by atoms with Crippen molar-refractivity contribution >= 4 is 22.7 Å². The highest BCUT2D eigenvalue weighted by Gasteiger charge is 2.54. The fraction of sp³-hybridized carbons (Fsp3) is 0.207. The van der Waals surface area contributed by atoms with Crippen molar-refractivity contribution in [1.29, 1.82) is 0 Å². The smallest absolute Gasteiger partial charge is 0.337 e. The summed E-state index contributed by atoms with van der Waals surface area (Å²) in [6, 6.07) is 24.4. The number of fused-ring (bicyclic) bond motifs is 4. The maximum atomic E-state index is 14.1. The fourth-order valence-electron chi connectivity index (χ4n) is 5.16. The molecule has 6 heteroatoms. The van der Waals surface area contributed by atoms with Gasteiger partial charge in [-0.1, -0.05) is 72.8 Å². The van der Waals surface area contributed by atoms with E-state index in [4.69, 9.17) is 9.47 Å². The Morgan fingerprint density at radius 3 is 2.14 bits per heavy atom. The van der Waals surface area contributed by atoms with E-state index in [9.17, 15) is 14.4 Å². The topological polar surface area (TPSA) is 74.6 Å². The molecule has 1 aliphatic heterocycles. The Bertz CT molecular complexity index is 1510. The third-order valence-corrected chi connectivity index (χ3v) is 6.48. The van der Waals surface area contributed by atoms with Crippen molar-refractivity contribution in [3.05, 3.63) is 94.8 Å². The van der Waals surface area contributed by atoms with Gasteiger partial charge in [-0.15, -0.1) is 0 Å². The van der Waals surface area contributed by atoms with Crippen molar-refractivity contribution in [3.8, 4) is 22.4 Å². The Hall–Kier alpha value is -4.19. The number of hydrogen-bond acceptors (Lipinski definition) is 5. The van der Waals surface area contributed by atoms with Gasteiger partial charge < -0.3 is 9.47 Å². The number of nitrogens with zero attached hydrogens (tertiary/aromatic N) is 1. The first-order valence-electron chi connectivity index (χ1n) is 11.7. The predicted molar refractivity (Wildman–Crippen MR) is 134 cm³/mol. The van der Waals surface area contributed by atoms with E-state index in [1.807, 2.05) is 54.6 Å². The van der Waals surface area contributed by atoms with E-state index in [0.29, 0.717) is 22.2 Å². The monoisotopic (exact) mass is 467 g/mol. The Morgan fingerprint density at radius 1 is 0.800 bits per heavy atom. The van der Waals surface area contributed by atoms with Crippen LogP contribution in [0.5, 0.6) is 0 Å². The number of ether oxygens (including phenoxy) is 2. The van der Waals surface area contributed by atoms with Gasteiger partial charge in [-0.2, -0.15) is 0 Å². The highest BCUT2D eigenvalue weighted by molar-refractivity contribution is 6.06. The third-order valence-electron chi connectivity index (χ3n) is 6.48. The number of carbonyl (C=O) groups is 2. The molecule has 0 saturated carbocycles. The summed E-state index contributed by atoms with van der Waals surface area (Å²) in [5.74, 6) is -1.24. The number of hydrogen-bond donors (Lipinski definition) is 0. The van der Waals surface area contributed by atoms with Crippen molar-refractivity contribution in [2.45, 2.75) is 25.8 Å². The van der Waals surface area contributed by atoms with Crippen LogP contribution >= 0.6 is 0 Å². The highest BCUT2D eigenvalue weighted by atomic mass is 16.5. The standard InChI is InChI=1S/C29H25NO5/c1-3-34-24(31)18-29(28(33)35-4-2)23-17-11-10-16-22(23)26-25(19-12-6-5-7-13-19)20-14-8-9-15-21(20)27(32)30(26)29/h5-17H,3-4,18H2,1-2H3. The Labute approximate surface area is 202 Å². The van der Waals surface area contributed by atoms with Gasteiger partial charge >= 0.3 is 11.9 Å². The van der Waals surface area contributed by atoms with Gasteiger partial charge in [0.2, 0.25) is 0 Å². The Morgan fingerprint density at radius 2 is 1.43 bits per heavy atom. The van der Waals surface area contributed by atoms with E-state index in [1.54, 1.807) is 38.1 Å². The summed E-state index contributed by atoms with van der Waals surface area (Å²) in [5, 5.41) is 1.24. The first kappa shape index (κ1) is 22.6. The van der Waals surface area contributed by atoms with E-state index < -0.39 is 17.5 Å². The van der Waals surface area contributed by atoms with Crippen LogP contribution in [0.3, 0.4) is 0 Å². The maximum absolute atomic E-state index is 14.1. The second-order valence-corrected chi connectivity index (χ2v) is 8.38. The van der Waals surface area contributed by atoms with Gasteiger partial charge in [0, 0.05) is 16.5 Å². The van der Waals surface area contributed by atoms with Crippen LogP contribution in [0.25, 0.3) is 33.2 Å². The molecule has 0 fully saturated rings. The molecule has 3 aromatic carbocycles. The molecule has 1 unspecified atom stereocenters. The van der Waals surface area contributed by atoms with Crippen molar-refractivity contribution in [3.63, 3.8) is 0 Å². The van der Waals surface area contributed by atoms with Gasteiger partial charge in [0.15, 0.2) is 5.54 Å². The minimum absolute atomic E-state index is 0.106. The van der Waals surface area contributed by atoms with Crippen LogP contribution in [-0.4, -0.2) is 29.7 Å². The van der Waals surface area contributed by atoms with Gasteiger partial charge in [0.05, 0.1) is 25.3 Å². The maximum Gasteiger partial charge on any atom is 0.337 e. The van der Waals surface area contributed by atoms with Gasteiger partial charge in [0.25, 0.3) is 5.56 Å². The lowest BCUT2D eigenvalue weighted by molar-refractivity contribution is -0.158. The third kappa shape index (κ3) is 3.36. The minimum atomic E-state index is -1.68. The summed E-state index contributed by atoms with van der Waals surface area (Å²) in [4.78, 5) is 40.8. The van der Waals surface area contributed by atoms with Gasteiger partial charge in [-0.05, 0) is 36.4 Å². The molecule has 0 saturated heterocycles. The Balaban J connectivity index is 1.99. The largest absolute Gasteiger partial charge is 0.466 e. The normalized spacial score (nSPS) is 15.9. The summed E-state index contributed by atoms with van der Waals surface area (Å²) in [5.41, 5.74) is 1.54. The first-order valence-corrected chi connectivity index (χ1v) is 11.7. The molecule has 0 radical (unpaired) electrons. The average molecular weight is 468 g/mol. The van der Waals surface area contributed by atoms with Crippen LogP contribution in [0.2, 0.25) is 0 Å². The van der Waals surface area contributed by atoms with E-state index >= 15 is 0 Å². The molecular weight excluding hydrogens is 442 g/mol. The zero-order valence-electron chi connectivity index (χ0n) is 19.6. The lowest BCUT2D eigenvalue weighted by atomic mass is 9.86. The SMILES string of the molecule is CCOC(=O)CC1(C(=O)OCC)c2ccccc2-c2c(-c3ccccc3)c3ccccc3c(=O)n21. The van der Waals surface area contributed by atoms with Crippen LogP contribution in [0.1, 0.15) is 25.8 Å². The fourth-order valence-corrected chi connectivity index (χ4v) is 5.16. The zero-order chi connectivity index (χ0) is 24.6. The van der Waals surface area contributed by atoms with Crippen LogP contribution in [0.15, 0.2) is 83.7 Å². The second-order valence-electron chi connectivity index (χ2n) is 8.38. The predicted octanol–water partition coefficient (Wildman–Crippen LogP) is 4.91. The number of esters is 2. The van der Waals surface area contributed by atoms with Crippen molar-refractivity contribution < 1.29 is 19.1 Å². The summed E-state index contributed by atoms with van der Waals surface area (Å²) >= 11 is 0. The van der Waals surface area contributed by atoms with Crippen LogP contribution < -0.4 is 5.56 Å². The van der Waals surface area contributed by atoms with E-state index in [-0.39, 0.29) is 25.2 Å². The molecule has 0 N–H and O–H groups in total. The molecule has 1 aliphatic rings. The van der Waals surface area contributed by atoms with Crippen LogP contribution in [-0.2, 0) is 24.6 Å². The quantitative estimate of drug-likeness (QED) is 0.377. The minimum Gasteiger partial charge on any atom is -0.466 e. The first-order chi connectivity index (χ1) is 17.0. The molecule has 1 atom stereocenters. The van der Waals surface area contributed by atoms with Crippen molar-refractivity contribution in [2.24, 2.45) is 0 Å². The molecule has 6 nitrogen and oxygen atoms in total. The lowest BCUT2D eigenvalue weighted by Gasteiger charge is -2.30. The van der Waals surface area contributed by atoms with Gasteiger partial charge in [-0.25, -0.2) is 4.79 Å². The molecule has 1 aromatic heterocycles. The molecule has 5 rings (SSSR count). The van der Waals surface area contributed by atoms with Gasteiger partial charge in [0.1, 0.15) is 0 Å². The number of carbonyl (C=O) groups excluding carboxylic acids is 2. The molecule has 0 spiro atoms. The Kier molecular flexibility index (Phi) is 5.73. The number of aromatic nitrogens is 1.